The summed E-state index contributed by atoms with van der Waals surface area (Å²) in [6.45, 7) is 4.18. The van der Waals surface area contributed by atoms with Gasteiger partial charge in [0.05, 0.1) is 17.3 Å². The maximum Gasteiger partial charge on any atom is 0.254 e. The van der Waals surface area contributed by atoms with Gasteiger partial charge in [-0.05, 0) is 37.8 Å². The van der Waals surface area contributed by atoms with Crippen LogP contribution in [0.2, 0.25) is 0 Å². The van der Waals surface area contributed by atoms with Crippen molar-refractivity contribution in [3.05, 3.63) is 40.7 Å². The first-order valence-electron chi connectivity index (χ1n) is 9.33. The van der Waals surface area contributed by atoms with Crippen LogP contribution >= 0.6 is 11.6 Å². The highest BCUT2D eigenvalue weighted by molar-refractivity contribution is 6.21. The predicted octanol–water partition coefficient (Wildman–Crippen LogP) is 2.17. The first-order chi connectivity index (χ1) is 14.3. The fraction of sp³-hybridized carbons (Fsp3) is 0.286. The number of aromatic hydroxyl groups is 1. The molecule has 0 aliphatic carbocycles. The van der Waals surface area contributed by atoms with Crippen LogP contribution in [0.4, 0.5) is 5.82 Å². The van der Waals surface area contributed by atoms with Gasteiger partial charge in [0.15, 0.2) is 5.65 Å². The smallest absolute Gasteiger partial charge is 0.254 e. The summed E-state index contributed by atoms with van der Waals surface area (Å²) in [5, 5.41) is 10.0. The minimum atomic E-state index is -0.718. The number of aryl methyl sites for hydroxylation is 1. The third-order valence-corrected chi connectivity index (χ3v) is 5.58. The largest absolute Gasteiger partial charge is 0.508 e. The van der Waals surface area contributed by atoms with E-state index in [1.165, 1.54) is 6.20 Å². The number of nitrogen functional groups attached to an aromatic ring is 1. The Labute approximate surface area is 177 Å². The number of primary amides is 1. The second-order valence-electron chi connectivity index (χ2n) is 7.13. The molecule has 5 N–H and O–H groups in total. The summed E-state index contributed by atoms with van der Waals surface area (Å²) in [6.07, 6.45) is 1.81. The molecular formula is C21H20ClN5O3. The molecule has 3 aromatic rings. The number of nitrogens with zero attached hydrogens (tertiary/aromatic N) is 3. The molecular weight excluding hydrogens is 406 g/mol. The lowest BCUT2D eigenvalue weighted by Crippen LogP contribution is -2.14. The number of halogens is 1. The highest BCUT2D eigenvalue weighted by Gasteiger charge is 2.26. The monoisotopic (exact) mass is 425 g/mol. The maximum absolute atomic E-state index is 12.1. The number of alkyl halides is 1. The molecule has 3 heterocycles. The highest BCUT2D eigenvalue weighted by atomic mass is 35.5. The molecule has 1 aliphatic heterocycles. The number of hydrogen-bond donors (Lipinski definition) is 3. The molecule has 8 nitrogen and oxygen atoms in total. The van der Waals surface area contributed by atoms with Crippen molar-refractivity contribution >= 4 is 34.5 Å². The molecule has 0 radical (unpaired) electrons. The summed E-state index contributed by atoms with van der Waals surface area (Å²) < 4.78 is 7.08. The molecule has 1 saturated heterocycles. The Balaban J connectivity index is 1.96. The number of aromatic nitrogens is 3. The minimum Gasteiger partial charge on any atom is -0.508 e. The van der Waals surface area contributed by atoms with Gasteiger partial charge >= 0.3 is 0 Å². The van der Waals surface area contributed by atoms with Gasteiger partial charge in [-0.25, -0.2) is 9.97 Å². The van der Waals surface area contributed by atoms with Crippen molar-refractivity contribution in [2.75, 3.05) is 12.3 Å². The Morgan fingerprint density at radius 2 is 2.17 bits per heavy atom. The van der Waals surface area contributed by atoms with Crippen LogP contribution in [0.15, 0.2) is 18.3 Å². The van der Waals surface area contributed by atoms with Crippen molar-refractivity contribution in [3.63, 3.8) is 0 Å². The van der Waals surface area contributed by atoms with E-state index in [2.05, 4.69) is 21.8 Å². The number of ether oxygens (including phenoxy) is 1. The number of anilines is 1. The van der Waals surface area contributed by atoms with Gasteiger partial charge in [0.2, 0.25) is 0 Å². The molecule has 9 heteroatoms. The Bertz CT molecular complexity index is 1240. The van der Waals surface area contributed by atoms with Crippen molar-refractivity contribution in [3.8, 4) is 23.3 Å². The SMILES string of the molecule is Cc1ccc(O)c(C)c1-n1c(N)c(C(N)=O)c2ncc(C#CC3OCCC3Cl)nc21. The van der Waals surface area contributed by atoms with Crippen LogP contribution in [-0.2, 0) is 4.74 Å². The molecule has 2 atom stereocenters. The average molecular weight is 426 g/mol. The highest BCUT2D eigenvalue weighted by Crippen LogP contribution is 2.34. The van der Waals surface area contributed by atoms with E-state index in [4.69, 9.17) is 27.8 Å². The van der Waals surface area contributed by atoms with Crippen LogP contribution < -0.4 is 11.5 Å². The molecule has 1 fully saturated rings. The van der Waals surface area contributed by atoms with Crippen LogP contribution in [-0.4, -0.2) is 43.6 Å². The Kier molecular flexibility index (Phi) is 5.02. The van der Waals surface area contributed by atoms with Gasteiger partial charge in [-0.2, -0.15) is 0 Å². The zero-order valence-electron chi connectivity index (χ0n) is 16.4. The van der Waals surface area contributed by atoms with Crippen LogP contribution in [0.1, 0.15) is 33.6 Å². The number of amides is 1. The number of hydrogen-bond acceptors (Lipinski definition) is 6. The van der Waals surface area contributed by atoms with E-state index in [1.54, 1.807) is 23.6 Å². The number of phenols is 1. The fourth-order valence-electron chi connectivity index (χ4n) is 3.60. The van der Waals surface area contributed by atoms with Crippen molar-refractivity contribution in [1.82, 2.24) is 14.5 Å². The van der Waals surface area contributed by atoms with Crippen LogP contribution in [0, 0.1) is 25.7 Å². The summed E-state index contributed by atoms with van der Waals surface area (Å²) in [7, 11) is 0. The molecule has 0 saturated carbocycles. The van der Waals surface area contributed by atoms with Gasteiger partial charge in [0.25, 0.3) is 5.91 Å². The lowest BCUT2D eigenvalue weighted by Gasteiger charge is -2.15. The zero-order chi connectivity index (χ0) is 21.6. The summed E-state index contributed by atoms with van der Waals surface area (Å²) in [4.78, 5) is 21.0. The molecule has 1 aromatic carbocycles. The molecule has 1 aliphatic rings. The van der Waals surface area contributed by atoms with E-state index >= 15 is 0 Å². The van der Waals surface area contributed by atoms with E-state index in [-0.39, 0.29) is 34.1 Å². The van der Waals surface area contributed by atoms with E-state index in [0.717, 1.165) is 12.0 Å². The normalized spacial score (nSPS) is 18.4. The standard InChI is InChI=1S/C21H20ClN5O3/c1-10-3-5-14(28)11(2)18(10)27-19(23)16(20(24)29)17-21(27)26-12(9-25-17)4-6-15-13(22)7-8-30-15/h3,5,9,13,15,28H,7-8,23H2,1-2H3,(H2,24,29). The number of fused-ring (bicyclic) bond motifs is 1. The topological polar surface area (TPSA) is 129 Å². The quantitative estimate of drug-likeness (QED) is 0.426. The Morgan fingerprint density at radius 3 is 2.83 bits per heavy atom. The molecule has 0 spiro atoms. The van der Waals surface area contributed by atoms with Crippen LogP contribution in [0.3, 0.4) is 0 Å². The van der Waals surface area contributed by atoms with Crippen LogP contribution in [0.25, 0.3) is 16.9 Å². The number of benzene rings is 1. The van der Waals surface area contributed by atoms with Gasteiger partial charge in [0, 0.05) is 12.2 Å². The molecule has 30 heavy (non-hydrogen) atoms. The summed E-state index contributed by atoms with van der Waals surface area (Å²) in [6, 6.07) is 3.35. The second kappa shape index (κ2) is 7.52. The van der Waals surface area contributed by atoms with Gasteiger partial charge in [0.1, 0.15) is 34.4 Å². The number of nitrogens with two attached hydrogens (primary N) is 2. The number of carbonyl (C=O) groups excluding carboxylic acids is 1. The molecule has 4 rings (SSSR count). The predicted molar refractivity (Wildman–Crippen MR) is 114 cm³/mol. The maximum atomic E-state index is 12.1. The van der Waals surface area contributed by atoms with E-state index in [1.807, 2.05) is 6.92 Å². The lowest BCUT2D eigenvalue weighted by atomic mass is 10.1. The Morgan fingerprint density at radius 1 is 1.40 bits per heavy atom. The van der Waals surface area contributed by atoms with Gasteiger partial charge in [-0.3, -0.25) is 9.36 Å². The molecule has 2 aromatic heterocycles. The summed E-state index contributed by atoms with van der Waals surface area (Å²) >= 11 is 6.19. The fourth-order valence-corrected chi connectivity index (χ4v) is 3.82. The van der Waals surface area contributed by atoms with E-state index in [9.17, 15) is 9.90 Å². The van der Waals surface area contributed by atoms with Crippen molar-refractivity contribution in [2.24, 2.45) is 5.73 Å². The molecule has 0 bridgehead atoms. The summed E-state index contributed by atoms with van der Waals surface area (Å²) in [5.74, 6) is 5.37. The zero-order valence-corrected chi connectivity index (χ0v) is 17.2. The minimum absolute atomic E-state index is 0.0686. The van der Waals surface area contributed by atoms with E-state index in [0.29, 0.717) is 29.2 Å². The van der Waals surface area contributed by atoms with Crippen molar-refractivity contribution in [2.45, 2.75) is 31.7 Å². The van der Waals surface area contributed by atoms with Crippen molar-refractivity contribution in [1.29, 1.82) is 0 Å². The van der Waals surface area contributed by atoms with Gasteiger partial charge < -0.3 is 21.3 Å². The number of carbonyl (C=O) groups is 1. The first-order valence-corrected chi connectivity index (χ1v) is 9.76. The first kappa shape index (κ1) is 20.0. The van der Waals surface area contributed by atoms with Gasteiger partial charge in [-0.1, -0.05) is 12.0 Å². The Hall–Kier alpha value is -3.28. The molecule has 1 amide bonds. The third-order valence-electron chi connectivity index (χ3n) is 5.14. The average Bonchev–Trinajstić information content (AvgIpc) is 3.24. The van der Waals surface area contributed by atoms with E-state index < -0.39 is 5.91 Å². The number of phenolic OH excluding ortho intramolecular Hbond substituents is 1. The molecule has 154 valence electrons. The van der Waals surface area contributed by atoms with Gasteiger partial charge in [-0.15, -0.1) is 11.6 Å². The summed E-state index contributed by atoms with van der Waals surface area (Å²) in [5.41, 5.74) is 14.9. The molecule has 2 unspecified atom stereocenters. The lowest BCUT2D eigenvalue weighted by molar-refractivity contribution is 0.100. The second-order valence-corrected chi connectivity index (χ2v) is 7.69. The third kappa shape index (κ3) is 3.22. The van der Waals surface area contributed by atoms with Crippen molar-refractivity contribution < 1.29 is 14.6 Å². The number of rotatable bonds is 2. The van der Waals surface area contributed by atoms with Crippen LogP contribution in [0.5, 0.6) is 5.75 Å².